The van der Waals surface area contributed by atoms with Crippen molar-refractivity contribution >= 4 is 33.3 Å². The van der Waals surface area contributed by atoms with Crippen LogP contribution in [0.15, 0.2) is 42.6 Å². The smallest absolute Gasteiger partial charge is 0.255 e. The standard InChI is InChI=1S/C20H22N4O2S/c1-14(19-22-16-5-3-4-6-17(16)27-19)23(2)20(25)15-7-8-18(21-13-15)24-9-11-26-12-10-24/h3-8,13-14H,9-12H2,1-2H3/t14-/m1/s1. The molecule has 1 aliphatic heterocycles. The number of ether oxygens (including phenoxy) is 1. The Kier molecular flexibility index (Phi) is 5.05. The number of thiazole rings is 1. The molecule has 3 aromatic rings. The Morgan fingerprint density at radius 2 is 2.00 bits per heavy atom. The van der Waals surface area contributed by atoms with E-state index in [1.165, 1.54) is 0 Å². The molecule has 27 heavy (non-hydrogen) atoms. The molecular weight excluding hydrogens is 360 g/mol. The fourth-order valence-corrected chi connectivity index (χ4v) is 4.17. The molecule has 0 unspecified atom stereocenters. The topological polar surface area (TPSA) is 58.6 Å². The van der Waals surface area contributed by atoms with Gasteiger partial charge in [-0.15, -0.1) is 11.3 Å². The Balaban J connectivity index is 1.49. The predicted molar refractivity (Wildman–Crippen MR) is 107 cm³/mol. The van der Waals surface area contributed by atoms with Crippen LogP contribution in [0.4, 0.5) is 5.82 Å². The van der Waals surface area contributed by atoms with Crippen LogP contribution in [0.5, 0.6) is 0 Å². The van der Waals surface area contributed by atoms with Gasteiger partial charge in [-0.2, -0.15) is 0 Å². The monoisotopic (exact) mass is 382 g/mol. The van der Waals surface area contributed by atoms with E-state index in [1.54, 1.807) is 22.4 Å². The van der Waals surface area contributed by atoms with Crippen LogP contribution in [0.1, 0.15) is 28.3 Å². The van der Waals surface area contributed by atoms with Gasteiger partial charge in [0.1, 0.15) is 10.8 Å². The van der Waals surface area contributed by atoms with Gasteiger partial charge in [0.2, 0.25) is 0 Å². The minimum absolute atomic E-state index is 0.0530. The van der Waals surface area contributed by atoms with Gasteiger partial charge in [-0.05, 0) is 31.2 Å². The number of aromatic nitrogens is 2. The minimum atomic E-state index is -0.103. The Hall–Kier alpha value is -2.51. The van der Waals surface area contributed by atoms with Gasteiger partial charge in [-0.1, -0.05) is 12.1 Å². The third kappa shape index (κ3) is 3.65. The Bertz CT molecular complexity index is 902. The Labute approximate surface area is 162 Å². The van der Waals surface area contributed by atoms with Gasteiger partial charge in [-0.25, -0.2) is 9.97 Å². The molecule has 1 fully saturated rings. The molecule has 0 saturated carbocycles. The van der Waals surface area contributed by atoms with Gasteiger partial charge in [0.15, 0.2) is 0 Å². The van der Waals surface area contributed by atoms with Crippen molar-refractivity contribution in [1.82, 2.24) is 14.9 Å². The van der Waals surface area contributed by atoms with E-state index in [9.17, 15) is 4.79 Å². The van der Waals surface area contributed by atoms with Gasteiger partial charge in [0.05, 0.1) is 35.0 Å². The maximum atomic E-state index is 12.9. The van der Waals surface area contributed by atoms with Crippen molar-refractivity contribution in [2.24, 2.45) is 0 Å². The van der Waals surface area contributed by atoms with Gasteiger partial charge in [0.25, 0.3) is 5.91 Å². The minimum Gasteiger partial charge on any atom is -0.378 e. The fourth-order valence-electron chi connectivity index (χ4n) is 3.11. The summed E-state index contributed by atoms with van der Waals surface area (Å²) in [5.74, 6) is 0.833. The van der Waals surface area contributed by atoms with Crippen molar-refractivity contribution in [3.63, 3.8) is 0 Å². The van der Waals surface area contributed by atoms with E-state index in [0.717, 1.165) is 34.1 Å². The molecule has 1 aromatic carbocycles. The molecule has 3 heterocycles. The average Bonchev–Trinajstić information content (AvgIpc) is 3.17. The number of pyridine rings is 1. The molecule has 0 spiro atoms. The lowest BCUT2D eigenvalue weighted by Gasteiger charge is -2.28. The summed E-state index contributed by atoms with van der Waals surface area (Å²) in [7, 11) is 1.81. The van der Waals surface area contributed by atoms with Crippen molar-refractivity contribution in [3.05, 3.63) is 53.2 Å². The van der Waals surface area contributed by atoms with Crippen LogP contribution < -0.4 is 4.90 Å². The predicted octanol–water partition coefficient (Wildman–Crippen LogP) is 3.36. The normalized spacial score (nSPS) is 15.7. The number of para-hydroxylation sites is 1. The van der Waals surface area contributed by atoms with Crippen LogP contribution in [-0.4, -0.2) is 54.1 Å². The zero-order valence-electron chi connectivity index (χ0n) is 15.5. The van der Waals surface area contributed by atoms with Gasteiger partial charge < -0.3 is 14.5 Å². The molecule has 1 saturated heterocycles. The Morgan fingerprint density at radius 1 is 1.22 bits per heavy atom. The maximum Gasteiger partial charge on any atom is 0.255 e. The molecule has 0 bridgehead atoms. The molecule has 1 amide bonds. The van der Waals surface area contributed by atoms with Crippen LogP contribution >= 0.6 is 11.3 Å². The zero-order chi connectivity index (χ0) is 18.8. The third-order valence-corrected chi connectivity index (χ3v) is 6.11. The highest BCUT2D eigenvalue weighted by molar-refractivity contribution is 7.18. The summed E-state index contributed by atoms with van der Waals surface area (Å²) >= 11 is 1.63. The summed E-state index contributed by atoms with van der Waals surface area (Å²) in [5, 5.41) is 0.935. The van der Waals surface area contributed by atoms with Crippen LogP contribution in [0.2, 0.25) is 0 Å². The lowest BCUT2D eigenvalue weighted by atomic mass is 10.2. The van der Waals surface area contributed by atoms with E-state index in [-0.39, 0.29) is 11.9 Å². The highest BCUT2D eigenvalue weighted by atomic mass is 32.1. The number of carbonyl (C=O) groups is 1. The number of carbonyl (C=O) groups excluding carboxylic acids is 1. The SMILES string of the molecule is C[C@H](c1nc2ccccc2s1)N(C)C(=O)c1ccc(N2CCOCC2)nc1. The first kappa shape index (κ1) is 17.9. The van der Waals surface area contributed by atoms with Gasteiger partial charge >= 0.3 is 0 Å². The van der Waals surface area contributed by atoms with Crippen LogP contribution in [0.3, 0.4) is 0 Å². The molecule has 6 nitrogen and oxygen atoms in total. The second kappa shape index (κ2) is 7.62. The molecule has 140 valence electrons. The Morgan fingerprint density at radius 3 is 2.70 bits per heavy atom. The lowest BCUT2D eigenvalue weighted by Crippen LogP contribution is -2.36. The quantitative estimate of drug-likeness (QED) is 0.692. The second-order valence-electron chi connectivity index (χ2n) is 6.62. The summed E-state index contributed by atoms with van der Waals surface area (Å²) in [5.41, 5.74) is 1.56. The number of amides is 1. The van der Waals surface area contributed by atoms with Crippen molar-refractivity contribution in [1.29, 1.82) is 0 Å². The summed E-state index contributed by atoms with van der Waals surface area (Å²) in [6.07, 6.45) is 1.66. The number of nitrogens with zero attached hydrogens (tertiary/aromatic N) is 4. The molecular formula is C20H22N4O2S. The largest absolute Gasteiger partial charge is 0.378 e. The lowest BCUT2D eigenvalue weighted by molar-refractivity contribution is 0.0742. The number of fused-ring (bicyclic) bond motifs is 1. The molecule has 4 rings (SSSR count). The number of morpholine rings is 1. The molecule has 0 radical (unpaired) electrons. The van der Waals surface area contributed by atoms with Crippen molar-refractivity contribution in [2.45, 2.75) is 13.0 Å². The second-order valence-corrected chi connectivity index (χ2v) is 7.68. The molecule has 0 aliphatic carbocycles. The van der Waals surface area contributed by atoms with Gasteiger partial charge in [0, 0.05) is 26.3 Å². The zero-order valence-corrected chi connectivity index (χ0v) is 16.3. The average molecular weight is 382 g/mol. The van der Waals surface area contributed by atoms with Crippen LogP contribution in [0, 0.1) is 0 Å². The fraction of sp³-hybridized carbons (Fsp3) is 0.350. The molecule has 2 aromatic heterocycles. The highest BCUT2D eigenvalue weighted by Crippen LogP contribution is 2.29. The number of hydrogen-bond acceptors (Lipinski definition) is 6. The first-order valence-electron chi connectivity index (χ1n) is 9.05. The van der Waals surface area contributed by atoms with E-state index in [2.05, 4.69) is 20.9 Å². The molecule has 1 atom stereocenters. The van der Waals surface area contributed by atoms with Crippen LogP contribution in [0.25, 0.3) is 10.2 Å². The summed E-state index contributed by atoms with van der Waals surface area (Å²) in [6.45, 7) is 5.09. The number of rotatable bonds is 4. The van der Waals surface area contributed by atoms with E-state index < -0.39 is 0 Å². The van der Waals surface area contributed by atoms with E-state index in [1.807, 2.05) is 44.3 Å². The van der Waals surface area contributed by atoms with Crippen molar-refractivity contribution in [3.8, 4) is 0 Å². The first-order valence-corrected chi connectivity index (χ1v) is 9.86. The summed E-state index contributed by atoms with van der Waals surface area (Å²) in [6, 6.07) is 11.7. The number of hydrogen-bond donors (Lipinski definition) is 0. The van der Waals surface area contributed by atoms with E-state index in [0.29, 0.717) is 18.8 Å². The molecule has 0 N–H and O–H groups in total. The summed E-state index contributed by atoms with van der Waals surface area (Å²) < 4.78 is 6.51. The van der Waals surface area contributed by atoms with Crippen molar-refractivity contribution < 1.29 is 9.53 Å². The summed E-state index contributed by atoms with van der Waals surface area (Å²) in [4.78, 5) is 25.9. The molecule has 1 aliphatic rings. The maximum absolute atomic E-state index is 12.9. The van der Waals surface area contributed by atoms with E-state index in [4.69, 9.17) is 4.74 Å². The van der Waals surface area contributed by atoms with Crippen molar-refractivity contribution in [2.75, 3.05) is 38.3 Å². The van der Waals surface area contributed by atoms with Gasteiger partial charge in [-0.3, -0.25) is 4.79 Å². The number of benzene rings is 1. The highest BCUT2D eigenvalue weighted by Gasteiger charge is 2.22. The first-order chi connectivity index (χ1) is 13.1. The van der Waals surface area contributed by atoms with E-state index >= 15 is 0 Å². The molecule has 7 heteroatoms. The van der Waals surface area contributed by atoms with Crippen LogP contribution in [-0.2, 0) is 4.74 Å². The third-order valence-electron chi connectivity index (χ3n) is 4.90. The number of anilines is 1.